The smallest absolute Gasteiger partial charge is 0.731 e. The van der Waals surface area contributed by atoms with Crippen LogP contribution in [0.5, 0.6) is 0 Å². The van der Waals surface area contributed by atoms with Crippen molar-refractivity contribution < 1.29 is 61.7 Å². The quantitative estimate of drug-likeness (QED) is 0.105. The van der Waals surface area contributed by atoms with E-state index in [0.29, 0.717) is 0 Å². The van der Waals surface area contributed by atoms with Crippen LogP contribution in [-0.2, 0) is 24.7 Å². The number of carbonyl (C=O) groups excluding carboxylic acids is 3. The molecule has 1 aliphatic heterocycles. The van der Waals surface area contributed by atoms with Crippen molar-refractivity contribution in [1.29, 1.82) is 0 Å². The minimum atomic E-state index is -5.18. The SMILES string of the molecule is CO/N=C(\C(=O)N[C@H]1C(=O)N(S(=O)(=O)[O-])[C@H]1CNC(=O)c1ccccc1)c1csc(N)n1.[Na+]. The number of benzene rings is 1. The number of nitrogens with one attached hydrogen (secondary N) is 2. The molecule has 0 aliphatic carbocycles. The number of nitrogens with two attached hydrogens (primary N) is 1. The average molecular weight is 504 g/mol. The third kappa shape index (κ3) is 6.07. The zero-order valence-corrected chi connectivity index (χ0v) is 21.1. The van der Waals surface area contributed by atoms with Crippen LogP contribution in [-0.4, -0.2) is 71.4 Å². The van der Waals surface area contributed by atoms with Crippen LogP contribution in [0.1, 0.15) is 16.1 Å². The number of oxime groups is 1. The van der Waals surface area contributed by atoms with Crippen molar-refractivity contribution in [3.05, 3.63) is 47.0 Å². The topological polar surface area (TPSA) is 196 Å². The second-order valence-electron chi connectivity index (χ2n) is 6.38. The molecule has 2 aromatic rings. The first-order chi connectivity index (χ1) is 15.1. The molecule has 0 unspecified atom stereocenters. The van der Waals surface area contributed by atoms with E-state index in [9.17, 15) is 27.4 Å². The number of carbonyl (C=O) groups is 3. The standard InChI is InChI=1S/C17H18N6O7S2.Na/c1-30-22-12(10-8-31-17(18)20-10)15(25)21-13-11(23(16(13)26)32(27,28)29)7-19-14(24)9-5-3-2-4-6-9;/h2-6,8,11,13H,7H2,1H3,(H2,18,20)(H,19,24)(H,21,25)(H,27,28,29);/q;+1/p-1/b22-12-;/t11-,13+;/m0./s1. The minimum absolute atomic E-state index is 0. The third-order valence-corrected chi connectivity index (χ3v) is 5.97. The molecule has 0 spiro atoms. The van der Waals surface area contributed by atoms with Gasteiger partial charge in [0.05, 0.1) is 6.04 Å². The molecular formula is C17H17N6NaO7S2. The van der Waals surface area contributed by atoms with Crippen LogP contribution in [0.4, 0.5) is 5.13 Å². The predicted molar refractivity (Wildman–Crippen MR) is 111 cm³/mol. The summed E-state index contributed by atoms with van der Waals surface area (Å²) in [6.45, 7) is -0.410. The molecule has 1 aromatic heterocycles. The summed E-state index contributed by atoms with van der Waals surface area (Å²) < 4.78 is 34.6. The van der Waals surface area contributed by atoms with Gasteiger partial charge in [-0.1, -0.05) is 23.4 Å². The Morgan fingerprint density at radius 2 is 2.00 bits per heavy atom. The Balaban J connectivity index is 0.00000385. The Hall–Kier alpha value is -2.56. The molecule has 0 radical (unpaired) electrons. The number of β-lactam (4-membered cyclic amide) rings is 1. The molecule has 0 saturated carbocycles. The summed E-state index contributed by atoms with van der Waals surface area (Å²) in [4.78, 5) is 45.8. The van der Waals surface area contributed by atoms with Crippen molar-refractivity contribution in [3.8, 4) is 0 Å². The average Bonchev–Trinajstić information content (AvgIpc) is 3.17. The summed E-state index contributed by atoms with van der Waals surface area (Å²) in [5.41, 5.74) is 5.59. The number of aromatic nitrogens is 1. The van der Waals surface area contributed by atoms with E-state index in [2.05, 4.69) is 25.6 Å². The maximum absolute atomic E-state index is 12.7. The van der Waals surface area contributed by atoms with Gasteiger partial charge in [-0.2, -0.15) is 0 Å². The Morgan fingerprint density at radius 3 is 2.55 bits per heavy atom. The fourth-order valence-electron chi connectivity index (χ4n) is 2.94. The molecule has 16 heteroatoms. The molecule has 0 bridgehead atoms. The fourth-order valence-corrected chi connectivity index (χ4v) is 4.35. The number of hydrogen-bond donors (Lipinski definition) is 3. The van der Waals surface area contributed by atoms with Crippen molar-refractivity contribution in [2.75, 3.05) is 19.4 Å². The second kappa shape index (κ2) is 11.0. The Morgan fingerprint density at radius 1 is 1.33 bits per heavy atom. The van der Waals surface area contributed by atoms with Crippen molar-refractivity contribution in [3.63, 3.8) is 0 Å². The van der Waals surface area contributed by atoms with Gasteiger partial charge in [-0.15, -0.1) is 11.3 Å². The van der Waals surface area contributed by atoms with Crippen LogP contribution >= 0.6 is 11.3 Å². The first-order valence-electron chi connectivity index (χ1n) is 8.89. The number of anilines is 1. The summed E-state index contributed by atoms with van der Waals surface area (Å²) in [5.74, 6) is -2.63. The molecule has 1 saturated heterocycles. The monoisotopic (exact) mass is 504 g/mol. The summed E-state index contributed by atoms with van der Waals surface area (Å²) in [6.07, 6.45) is 0. The van der Waals surface area contributed by atoms with Crippen LogP contribution < -0.4 is 45.9 Å². The molecule has 2 atom stereocenters. The van der Waals surface area contributed by atoms with Gasteiger partial charge in [0.1, 0.15) is 18.8 Å². The summed E-state index contributed by atoms with van der Waals surface area (Å²) in [7, 11) is -3.99. The van der Waals surface area contributed by atoms with E-state index in [-0.39, 0.29) is 56.0 Å². The van der Waals surface area contributed by atoms with E-state index in [0.717, 1.165) is 11.3 Å². The number of nitrogen functional groups attached to an aromatic ring is 1. The van der Waals surface area contributed by atoms with Gasteiger partial charge in [-0.05, 0) is 12.1 Å². The minimum Gasteiger partial charge on any atom is -0.731 e. The van der Waals surface area contributed by atoms with Crippen LogP contribution in [0.15, 0.2) is 40.9 Å². The van der Waals surface area contributed by atoms with Crippen molar-refractivity contribution >= 4 is 50.2 Å². The maximum atomic E-state index is 12.7. The zero-order chi connectivity index (χ0) is 23.5. The van der Waals surface area contributed by atoms with Gasteiger partial charge in [0.2, 0.25) is 0 Å². The zero-order valence-electron chi connectivity index (χ0n) is 17.4. The van der Waals surface area contributed by atoms with Crippen molar-refractivity contribution in [2.45, 2.75) is 12.1 Å². The van der Waals surface area contributed by atoms with Crippen molar-refractivity contribution in [2.24, 2.45) is 5.16 Å². The van der Waals surface area contributed by atoms with Gasteiger partial charge in [-0.3, -0.25) is 14.4 Å². The summed E-state index contributed by atoms with van der Waals surface area (Å²) in [5, 5.41) is 9.90. The number of amides is 3. The van der Waals surface area contributed by atoms with E-state index >= 15 is 0 Å². The van der Waals surface area contributed by atoms with Crippen LogP contribution in [0, 0.1) is 0 Å². The van der Waals surface area contributed by atoms with Gasteiger partial charge in [-0.25, -0.2) is 17.7 Å². The molecule has 3 rings (SSSR count). The summed E-state index contributed by atoms with van der Waals surface area (Å²) >= 11 is 1.04. The molecule has 2 heterocycles. The van der Waals surface area contributed by atoms with Gasteiger partial charge >= 0.3 is 29.6 Å². The Labute approximate surface area is 214 Å². The number of thiazole rings is 1. The Kier molecular flexibility index (Phi) is 8.93. The van der Waals surface area contributed by atoms with Crippen LogP contribution in [0.25, 0.3) is 0 Å². The molecule has 33 heavy (non-hydrogen) atoms. The van der Waals surface area contributed by atoms with Gasteiger partial charge in [0.25, 0.3) is 17.7 Å². The molecular weight excluding hydrogens is 487 g/mol. The number of hydrogen-bond acceptors (Lipinski definition) is 11. The molecule has 1 aliphatic rings. The van der Waals surface area contributed by atoms with Gasteiger partial charge in [0.15, 0.2) is 21.1 Å². The fraction of sp³-hybridized carbons (Fsp3) is 0.235. The number of nitrogens with zero attached hydrogens (tertiary/aromatic N) is 3. The van der Waals surface area contributed by atoms with E-state index in [4.69, 9.17) is 5.73 Å². The van der Waals surface area contributed by atoms with E-state index in [1.165, 1.54) is 24.6 Å². The molecule has 4 N–H and O–H groups in total. The molecule has 1 fully saturated rings. The van der Waals surface area contributed by atoms with Crippen LogP contribution in [0.2, 0.25) is 0 Å². The summed E-state index contributed by atoms with van der Waals surface area (Å²) in [6, 6.07) is 5.24. The molecule has 1 aromatic carbocycles. The van der Waals surface area contributed by atoms with E-state index in [1.807, 2.05) is 0 Å². The predicted octanol–water partition coefficient (Wildman–Crippen LogP) is -4.33. The van der Waals surface area contributed by atoms with Gasteiger partial charge < -0.3 is 25.8 Å². The second-order valence-corrected chi connectivity index (χ2v) is 8.52. The number of rotatable bonds is 8. The largest absolute Gasteiger partial charge is 1.00 e. The third-order valence-electron chi connectivity index (χ3n) is 4.37. The van der Waals surface area contributed by atoms with Crippen LogP contribution in [0.3, 0.4) is 0 Å². The normalized spacial score (nSPS) is 18.1. The Bertz CT molecular complexity index is 1170. The molecule has 170 valence electrons. The van der Waals surface area contributed by atoms with E-state index in [1.54, 1.807) is 18.2 Å². The van der Waals surface area contributed by atoms with Gasteiger partial charge in [0, 0.05) is 17.5 Å². The maximum Gasteiger partial charge on any atom is 1.00 e. The molecule has 13 nitrogen and oxygen atoms in total. The first kappa shape index (κ1) is 26.7. The van der Waals surface area contributed by atoms with Crippen molar-refractivity contribution in [1.82, 2.24) is 19.9 Å². The van der Waals surface area contributed by atoms with E-state index < -0.39 is 46.7 Å². The first-order valence-corrected chi connectivity index (χ1v) is 11.1. The molecule has 3 amide bonds.